The van der Waals surface area contributed by atoms with Crippen molar-refractivity contribution in [1.82, 2.24) is 9.78 Å². The van der Waals surface area contributed by atoms with Gasteiger partial charge in [-0.3, -0.25) is 9.48 Å². The van der Waals surface area contributed by atoms with E-state index in [1.165, 1.54) is 6.42 Å². The second kappa shape index (κ2) is 4.00. The van der Waals surface area contributed by atoms with Gasteiger partial charge in [-0.05, 0) is 19.8 Å². The van der Waals surface area contributed by atoms with Crippen molar-refractivity contribution in [3.05, 3.63) is 5.69 Å². The molecule has 18 heavy (non-hydrogen) atoms. The van der Waals surface area contributed by atoms with E-state index < -0.39 is 0 Å². The number of amides is 1. The number of aryl methyl sites for hydroxylation is 2. The summed E-state index contributed by atoms with van der Waals surface area (Å²) in [6, 6.07) is 0. The monoisotopic (exact) mass is 248 g/mol. The van der Waals surface area contributed by atoms with Gasteiger partial charge < -0.3 is 10.6 Å². The van der Waals surface area contributed by atoms with Crippen LogP contribution in [0.5, 0.6) is 0 Å². The van der Waals surface area contributed by atoms with Gasteiger partial charge in [-0.15, -0.1) is 0 Å². The van der Waals surface area contributed by atoms with Crippen LogP contribution < -0.4 is 10.6 Å². The van der Waals surface area contributed by atoms with Gasteiger partial charge in [0.05, 0.1) is 11.1 Å². The molecule has 1 spiro atoms. The van der Waals surface area contributed by atoms with Gasteiger partial charge in [-0.1, -0.05) is 19.3 Å². The summed E-state index contributed by atoms with van der Waals surface area (Å²) >= 11 is 0. The lowest BCUT2D eigenvalue weighted by Gasteiger charge is -2.34. The molecule has 2 heterocycles. The largest absolute Gasteiger partial charge is 0.367 e. The highest BCUT2D eigenvalue weighted by molar-refractivity contribution is 6.00. The Kier molecular flexibility index (Phi) is 2.57. The Morgan fingerprint density at radius 2 is 2.00 bits per heavy atom. The molecule has 1 amide bonds. The highest BCUT2D eigenvalue weighted by atomic mass is 16.2. The van der Waals surface area contributed by atoms with Crippen LogP contribution in [0, 0.1) is 12.3 Å². The molecule has 5 nitrogen and oxygen atoms in total. The Hall–Kier alpha value is -1.52. The van der Waals surface area contributed by atoms with Crippen LogP contribution in [0.15, 0.2) is 0 Å². The minimum absolute atomic E-state index is 0.171. The number of rotatable bonds is 0. The molecular formula is C13H20N4O. The van der Waals surface area contributed by atoms with E-state index in [0.29, 0.717) is 0 Å². The summed E-state index contributed by atoms with van der Waals surface area (Å²) < 4.78 is 1.81. The van der Waals surface area contributed by atoms with E-state index in [-0.39, 0.29) is 11.3 Å². The molecule has 1 fully saturated rings. The fraction of sp³-hybridized carbons (Fsp3) is 0.692. The molecule has 0 radical (unpaired) electrons. The Balaban J connectivity index is 1.95. The SMILES string of the molecule is Cc1nn(C)c2c1NC(=O)C1(CCCCC1)CN2. The van der Waals surface area contributed by atoms with E-state index in [4.69, 9.17) is 0 Å². The third-order valence-corrected chi connectivity index (χ3v) is 4.35. The maximum absolute atomic E-state index is 12.5. The Bertz CT molecular complexity index is 485. The fourth-order valence-corrected chi connectivity index (χ4v) is 3.22. The van der Waals surface area contributed by atoms with Crippen LogP contribution >= 0.6 is 0 Å². The zero-order chi connectivity index (χ0) is 12.8. The number of aromatic nitrogens is 2. The fourth-order valence-electron chi connectivity index (χ4n) is 3.22. The molecule has 0 bridgehead atoms. The predicted molar refractivity (Wildman–Crippen MR) is 70.6 cm³/mol. The molecule has 98 valence electrons. The standard InChI is InChI=1S/C13H20N4O/c1-9-10-11(17(2)16-9)14-8-13(12(18)15-10)6-4-3-5-7-13/h14H,3-8H2,1-2H3,(H,15,18). The first-order valence-corrected chi connectivity index (χ1v) is 6.71. The number of fused-ring (bicyclic) bond motifs is 1. The summed E-state index contributed by atoms with van der Waals surface area (Å²) in [5.74, 6) is 1.10. The molecule has 1 aliphatic carbocycles. The smallest absolute Gasteiger partial charge is 0.232 e. The van der Waals surface area contributed by atoms with Crippen molar-refractivity contribution in [2.45, 2.75) is 39.0 Å². The van der Waals surface area contributed by atoms with Crippen molar-refractivity contribution in [1.29, 1.82) is 0 Å². The molecule has 0 atom stereocenters. The molecule has 0 aromatic carbocycles. The van der Waals surface area contributed by atoms with Gasteiger partial charge in [-0.25, -0.2) is 0 Å². The van der Waals surface area contributed by atoms with Crippen LogP contribution in [0.4, 0.5) is 11.5 Å². The van der Waals surface area contributed by atoms with Crippen molar-refractivity contribution in [2.75, 3.05) is 17.2 Å². The van der Waals surface area contributed by atoms with Gasteiger partial charge in [-0.2, -0.15) is 5.10 Å². The van der Waals surface area contributed by atoms with Crippen molar-refractivity contribution in [3.63, 3.8) is 0 Å². The summed E-state index contributed by atoms with van der Waals surface area (Å²) in [7, 11) is 1.91. The number of carbonyl (C=O) groups is 1. The van der Waals surface area contributed by atoms with Crippen molar-refractivity contribution in [2.24, 2.45) is 12.5 Å². The van der Waals surface area contributed by atoms with Gasteiger partial charge in [0.25, 0.3) is 0 Å². The average molecular weight is 248 g/mol. The molecule has 2 aliphatic rings. The molecule has 1 aliphatic heterocycles. The lowest BCUT2D eigenvalue weighted by atomic mass is 9.73. The minimum atomic E-state index is -0.219. The average Bonchev–Trinajstić information content (AvgIpc) is 2.54. The van der Waals surface area contributed by atoms with Crippen LogP contribution in [0.25, 0.3) is 0 Å². The zero-order valence-corrected chi connectivity index (χ0v) is 11.0. The van der Waals surface area contributed by atoms with Gasteiger partial charge in [0.2, 0.25) is 5.91 Å². The quantitative estimate of drug-likeness (QED) is 0.738. The second-order valence-corrected chi connectivity index (χ2v) is 5.58. The summed E-state index contributed by atoms with van der Waals surface area (Å²) in [5, 5.41) is 10.9. The molecular weight excluding hydrogens is 228 g/mol. The lowest BCUT2D eigenvalue weighted by Crippen LogP contribution is -2.41. The van der Waals surface area contributed by atoms with Gasteiger partial charge in [0.1, 0.15) is 11.5 Å². The number of hydrogen-bond donors (Lipinski definition) is 2. The highest BCUT2D eigenvalue weighted by Gasteiger charge is 2.42. The van der Waals surface area contributed by atoms with Crippen LogP contribution in [-0.4, -0.2) is 22.2 Å². The van der Waals surface area contributed by atoms with Crippen molar-refractivity contribution in [3.8, 4) is 0 Å². The normalized spacial score (nSPS) is 22.0. The third-order valence-electron chi connectivity index (χ3n) is 4.35. The molecule has 1 aromatic rings. The zero-order valence-electron chi connectivity index (χ0n) is 11.0. The van der Waals surface area contributed by atoms with Crippen LogP contribution in [0.2, 0.25) is 0 Å². The minimum Gasteiger partial charge on any atom is -0.367 e. The maximum atomic E-state index is 12.5. The first kappa shape index (κ1) is 11.6. The molecule has 1 saturated carbocycles. The molecule has 3 rings (SSSR count). The number of anilines is 2. The third kappa shape index (κ3) is 1.61. The van der Waals surface area contributed by atoms with Crippen molar-refractivity contribution < 1.29 is 4.79 Å². The summed E-state index contributed by atoms with van der Waals surface area (Å²) in [4.78, 5) is 12.5. The summed E-state index contributed by atoms with van der Waals surface area (Å²) in [6.45, 7) is 2.66. The van der Waals surface area contributed by atoms with E-state index in [1.54, 1.807) is 0 Å². The molecule has 1 aromatic heterocycles. The molecule has 2 N–H and O–H groups in total. The predicted octanol–water partition coefficient (Wildman–Crippen LogP) is 2.04. The maximum Gasteiger partial charge on any atom is 0.232 e. The van der Waals surface area contributed by atoms with E-state index in [1.807, 2.05) is 18.7 Å². The van der Waals surface area contributed by atoms with Crippen LogP contribution in [0.3, 0.4) is 0 Å². The number of nitrogens with zero attached hydrogens (tertiary/aromatic N) is 2. The van der Waals surface area contributed by atoms with Crippen LogP contribution in [0.1, 0.15) is 37.8 Å². The van der Waals surface area contributed by atoms with E-state index in [9.17, 15) is 4.79 Å². The lowest BCUT2D eigenvalue weighted by molar-refractivity contribution is -0.126. The second-order valence-electron chi connectivity index (χ2n) is 5.58. The van der Waals surface area contributed by atoms with E-state index in [0.717, 1.165) is 49.4 Å². The summed E-state index contributed by atoms with van der Waals surface area (Å²) in [6.07, 6.45) is 5.55. The first-order valence-electron chi connectivity index (χ1n) is 6.71. The van der Waals surface area contributed by atoms with Crippen LogP contribution in [-0.2, 0) is 11.8 Å². The summed E-state index contributed by atoms with van der Waals surface area (Å²) in [5.41, 5.74) is 1.51. The molecule has 0 unspecified atom stereocenters. The number of hydrogen-bond acceptors (Lipinski definition) is 3. The van der Waals surface area contributed by atoms with E-state index >= 15 is 0 Å². The Morgan fingerprint density at radius 3 is 2.72 bits per heavy atom. The van der Waals surface area contributed by atoms with Crippen molar-refractivity contribution >= 4 is 17.4 Å². The number of nitrogens with one attached hydrogen (secondary N) is 2. The van der Waals surface area contributed by atoms with Gasteiger partial charge >= 0.3 is 0 Å². The highest BCUT2D eigenvalue weighted by Crippen LogP contribution is 2.41. The Morgan fingerprint density at radius 1 is 1.28 bits per heavy atom. The van der Waals surface area contributed by atoms with Gasteiger partial charge in [0.15, 0.2) is 0 Å². The number of carbonyl (C=O) groups excluding carboxylic acids is 1. The first-order chi connectivity index (χ1) is 8.62. The molecule has 0 saturated heterocycles. The van der Waals surface area contributed by atoms with Gasteiger partial charge in [0, 0.05) is 13.6 Å². The molecule has 5 heteroatoms. The Labute approximate surface area is 107 Å². The van der Waals surface area contributed by atoms with E-state index in [2.05, 4.69) is 15.7 Å². The topological polar surface area (TPSA) is 59.0 Å².